The number of methoxy groups -OCH3 is 1. The molecular weight excluding hydrogens is 465 g/mol. The van der Waals surface area contributed by atoms with E-state index in [1.807, 2.05) is 18.2 Å². The molecule has 0 aliphatic rings. The molecule has 0 radical (unpaired) electrons. The SMILES string of the molecule is COc1cccc(Nc2nc(OCCCN)c3cc(-c4c(Cl)cccc4Cl)c(=O)[nH]c3n2)c1. The second kappa shape index (κ2) is 10.1. The molecule has 0 atom stereocenters. The molecule has 8 nitrogen and oxygen atoms in total. The number of pyridine rings is 1. The molecule has 0 unspecified atom stereocenters. The van der Waals surface area contributed by atoms with Crippen molar-refractivity contribution < 1.29 is 9.47 Å². The Hall–Kier alpha value is -3.33. The maximum Gasteiger partial charge on any atom is 0.257 e. The Morgan fingerprint density at radius 1 is 1.09 bits per heavy atom. The fraction of sp³-hybridized carbons (Fsp3) is 0.174. The van der Waals surface area contributed by atoms with Crippen LogP contribution in [0, 0.1) is 0 Å². The molecule has 33 heavy (non-hydrogen) atoms. The van der Waals surface area contributed by atoms with E-state index in [1.165, 1.54) is 0 Å². The van der Waals surface area contributed by atoms with Gasteiger partial charge in [-0.3, -0.25) is 4.79 Å². The van der Waals surface area contributed by atoms with E-state index >= 15 is 0 Å². The second-order valence-corrected chi connectivity index (χ2v) is 7.89. The summed E-state index contributed by atoms with van der Waals surface area (Å²) in [5, 5.41) is 4.34. The number of rotatable bonds is 8. The number of ether oxygens (including phenoxy) is 2. The van der Waals surface area contributed by atoms with E-state index in [2.05, 4.69) is 20.3 Å². The number of aromatic amines is 1. The molecule has 0 saturated heterocycles. The van der Waals surface area contributed by atoms with Crippen LogP contribution in [0.5, 0.6) is 11.6 Å². The highest BCUT2D eigenvalue weighted by atomic mass is 35.5. The fourth-order valence-corrected chi connectivity index (χ4v) is 3.85. The zero-order valence-electron chi connectivity index (χ0n) is 17.7. The van der Waals surface area contributed by atoms with Crippen LogP contribution in [0.2, 0.25) is 10.0 Å². The Bertz CT molecular complexity index is 1340. The molecule has 2 heterocycles. The number of anilines is 2. The van der Waals surface area contributed by atoms with Crippen molar-refractivity contribution in [3.05, 3.63) is 68.9 Å². The Morgan fingerprint density at radius 2 is 1.85 bits per heavy atom. The summed E-state index contributed by atoms with van der Waals surface area (Å²) in [6.45, 7) is 0.817. The lowest BCUT2D eigenvalue weighted by Crippen LogP contribution is -2.13. The molecule has 4 rings (SSSR count). The second-order valence-electron chi connectivity index (χ2n) is 7.07. The van der Waals surface area contributed by atoms with Crippen molar-refractivity contribution in [2.45, 2.75) is 6.42 Å². The Kier molecular flexibility index (Phi) is 6.98. The van der Waals surface area contributed by atoms with Gasteiger partial charge in [0.2, 0.25) is 11.8 Å². The summed E-state index contributed by atoms with van der Waals surface area (Å²) in [6, 6.07) is 14.0. The van der Waals surface area contributed by atoms with Crippen LogP contribution in [0.15, 0.2) is 53.3 Å². The highest BCUT2D eigenvalue weighted by Crippen LogP contribution is 2.35. The largest absolute Gasteiger partial charge is 0.497 e. The van der Waals surface area contributed by atoms with Crippen LogP contribution >= 0.6 is 23.2 Å². The lowest BCUT2D eigenvalue weighted by atomic mass is 10.1. The van der Waals surface area contributed by atoms with E-state index in [9.17, 15) is 4.79 Å². The number of benzene rings is 2. The van der Waals surface area contributed by atoms with Crippen molar-refractivity contribution in [3.8, 4) is 22.8 Å². The maximum atomic E-state index is 12.9. The number of hydrogen-bond donors (Lipinski definition) is 3. The topological polar surface area (TPSA) is 115 Å². The molecule has 4 aromatic rings. The van der Waals surface area contributed by atoms with Crippen LogP contribution in [0.25, 0.3) is 22.2 Å². The average molecular weight is 486 g/mol. The molecule has 0 fully saturated rings. The van der Waals surface area contributed by atoms with Gasteiger partial charge in [-0.1, -0.05) is 35.3 Å². The Balaban J connectivity index is 1.84. The predicted molar refractivity (Wildman–Crippen MR) is 131 cm³/mol. The summed E-state index contributed by atoms with van der Waals surface area (Å²) in [4.78, 5) is 24.7. The molecule has 2 aromatic heterocycles. The van der Waals surface area contributed by atoms with Crippen LogP contribution < -0.4 is 26.1 Å². The number of aromatic nitrogens is 3. The molecule has 0 bridgehead atoms. The van der Waals surface area contributed by atoms with Crippen LogP contribution in [0.3, 0.4) is 0 Å². The van der Waals surface area contributed by atoms with Crippen LogP contribution in [0.1, 0.15) is 6.42 Å². The zero-order chi connectivity index (χ0) is 23.4. The first-order chi connectivity index (χ1) is 16.0. The molecule has 170 valence electrons. The van der Waals surface area contributed by atoms with Gasteiger partial charge in [0.05, 0.1) is 34.7 Å². The minimum absolute atomic E-state index is 0.248. The van der Waals surface area contributed by atoms with Gasteiger partial charge in [0.1, 0.15) is 11.4 Å². The van der Waals surface area contributed by atoms with Gasteiger partial charge in [-0.2, -0.15) is 9.97 Å². The summed E-state index contributed by atoms with van der Waals surface area (Å²) in [5.74, 6) is 1.21. The van der Waals surface area contributed by atoms with Gasteiger partial charge < -0.3 is 25.5 Å². The number of fused-ring (bicyclic) bond motifs is 1. The minimum atomic E-state index is -0.392. The van der Waals surface area contributed by atoms with Gasteiger partial charge in [-0.25, -0.2) is 0 Å². The number of nitrogens with zero attached hydrogens (tertiary/aromatic N) is 2. The molecule has 0 aliphatic heterocycles. The quantitative estimate of drug-likeness (QED) is 0.307. The minimum Gasteiger partial charge on any atom is -0.497 e. The van der Waals surface area contributed by atoms with Crippen molar-refractivity contribution in [1.29, 1.82) is 0 Å². The number of H-pyrrole nitrogens is 1. The number of nitrogens with one attached hydrogen (secondary N) is 2. The molecule has 10 heteroatoms. The number of halogens is 2. The van der Waals surface area contributed by atoms with Crippen molar-refractivity contribution in [3.63, 3.8) is 0 Å². The summed E-state index contributed by atoms with van der Waals surface area (Å²) in [7, 11) is 1.59. The van der Waals surface area contributed by atoms with Gasteiger partial charge in [0.15, 0.2) is 0 Å². The lowest BCUT2D eigenvalue weighted by Gasteiger charge is -2.13. The lowest BCUT2D eigenvalue weighted by molar-refractivity contribution is 0.305. The molecular formula is C23H21Cl2N5O3. The molecule has 0 saturated carbocycles. The molecule has 0 amide bonds. The van der Waals surface area contributed by atoms with E-state index in [-0.39, 0.29) is 5.95 Å². The van der Waals surface area contributed by atoms with Crippen molar-refractivity contribution in [1.82, 2.24) is 15.0 Å². The van der Waals surface area contributed by atoms with Gasteiger partial charge >= 0.3 is 0 Å². The smallest absolute Gasteiger partial charge is 0.257 e. The van der Waals surface area contributed by atoms with Gasteiger partial charge in [0.25, 0.3) is 5.56 Å². The molecule has 2 aromatic carbocycles. The Labute approximate surface area is 199 Å². The summed E-state index contributed by atoms with van der Waals surface area (Å²) in [5.41, 5.74) is 6.94. The highest BCUT2D eigenvalue weighted by Gasteiger charge is 2.17. The average Bonchev–Trinajstić information content (AvgIpc) is 2.79. The predicted octanol–water partition coefficient (Wildman–Crippen LogP) is 4.77. The van der Waals surface area contributed by atoms with E-state index in [4.69, 9.17) is 38.4 Å². The first kappa shape index (κ1) is 22.8. The summed E-state index contributed by atoms with van der Waals surface area (Å²) >= 11 is 12.7. The van der Waals surface area contributed by atoms with Crippen LogP contribution in [-0.2, 0) is 0 Å². The highest BCUT2D eigenvalue weighted by molar-refractivity contribution is 6.39. The van der Waals surface area contributed by atoms with Crippen molar-refractivity contribution in [2.75, 3.05) is 25.6 Å². The van der Waals surface area contributed by atoms with Crippen molar-refractivity contribution in [2.24, 2.45) is 5.73 Å². The standard InChI is InChI=1S/C23H21Cl2N5O3/c1-32-14-6-2-5-13(11-14)27-23-29-20-16(22(30-23)33-10-4-9-26)12-15(21(31)28-20)19-17(24)7-3-8-18(19)25/h2-3,5-8,11-12H,4,9-10,26H2,1H3,(H2,27,28,29,30,31). The van der Waals surface area contributed by atoms with Gasteiger partial charge in [-0.15, -0.1) is 0 Å². The number of hydrogen-bond acceptors (Lipinski definition) is 7. The Morgan fingerprint density at radius 3 is 2.58 bits per heavy atom. The van der Waals surface area contributed by atoms with Crippen LogP contribution in [0.4, 0.5) is 11.6 Å². The van der Waals surface area contributed by atoms with E-state index in [1.54, 1.807) is 37.4 Å². The van der Waals surface area contributed by atoms with E-state index in [0.29, 0.717) is 69.1 Å². The van der Waals surface area contributed by atoms with E-state index in [0.717, 1.165) is 0 Å². The number of nitrogens with two attached hydrogens (primary N) is 1. The third kappa shape index (κ3) is 5.03. The maximum absolute atomic E-state index is 12.9. The first-order valence-electron chi connectivity index (χ1n) is 10.1. The third-order valence-corrected chi connectivity index (χ3v) is 5.45. The van der Waals surface area contributed by atoms with Crippen molar-refractivity contribution >= 4 is 45.9 Å². The normalized spacial score (nSPS) is 10.9. The van der Waals surface area contributed by atoms with E-state index < -0.39 is 5.56 Å². The molecule has 0 aliphatic carbocycles. The van der Waals surface area contributed by atoms with Gasteiger partial charge in [0, 0.05) is 17.3 Å². The third-order valence-electron chi connectivity index (χ3n) is 4.82. The first-order valence-corrected chi connectivity index (χ1v) is 10.9. The fourth-order valence-electron chi connectivity index (χ4n) is 3.25. The zero-order valence-corrected chi connectivity index (χ0v) is 19.2. The molecule has 4 N–H and O–H groups in total. The summed E-state index contributed by atoms with van der Waals surface area (Å²) in [6.07, 6.45) is 0.636. The monoisotopic (exact) mass is 485 g/mol. The molecule has 0 spiro atoms. The van der Waals surface area contributed by atoms with Gasteiger partial charge in [-0.05, 0) is 43.3 Å². The summed E-state index contributed by atoms with van der Waals surface area (Å²) < 4.78 is 11.1. The van der Waals surface area contributed by atoms with Crippen LogP contribution in [-0.4, -0.2) is 35.2 Å².